The van der Waals surface area contributed by atoms with Crippen LogP contribution >= 0.6 is 0 Å². The number of aromatic nitrogens is 2. The van der Waals surface area contributed by atoms with Crippen LogP contribution in [-0.4, -0.2) is 35.2 Å². The molecule has 3 heterocycles. The van der Waals surface area contributed by atoms with Crippen LogP contribution in [0.1, 0.15) is 12.0 Å². The van der Waals surface area contributed by atoms with Crippen molar-refractivity contribution in [2.75, 3.05) is 25.0 Å². The number of carbonyl (C=O) groups is 1. The van der Waals surface area contributed by atoms with Crippen LogP contribution in [-0.2, 0) is 11.3 Å². The van der Waals surface area contributed by atoms with Crippen LogP contribution in [0.2, 0.25) is 0 Å². The smallest absolute Gasteiger partial charge is 0.221 e. The van der Waals surface area contributed by atoms with Crippen LogP contribution < -0.4 is 16.0 Å². The molecule has 1 amide bonds. The molecule has 25 heavy (non-hydrogen) atoms. The Hall–Kier alpha value is -2.86. The minimum Gasteiger partial charge on any atom is -0.383 e. The summed E-state index contributed by atoms with van der Waals surface area (Å²) in [6, 6.07) is 12.5. The Morgan fingerprint density at radius 2 is 1.96 bits per heavy atom. The Kier molecular flexibility index (Phi) is 4.35. The van der Waals surface area contributed by atoms with Crippen LogP contribution in [0.25, 0.3) is 16.6 Å². The second-order valence-electron chi connectivity index (χ2n) is 6.21. The van der Waals surface area contributed by atoms with Gasteiger partial charge in [0.2, 0.25) is 5.91 Å². The van der Waals surface area contributed by atoms with E-state index in [1.54, 1.807) is 0 Å². The number of anilines is 1. The third-order valence-electron chi connectivity index (χ3n) is 4.39. The Balaban J connectivity index is 1.72. The largest absolute Gasteiger partial charge is 0.383 e. The third kappa shape index (κ3) is 3.49. The molecule has 0 saturated carbocycles. The molecule has 4 rings (SSSR count). The number of amides is 1. The lowest BCUT2D eigenvalue weighted by Crippen LogP contribution is -2.31. The van der Waals surface area contributed by atoms with Crippen molar-refractivity contribution in [3.63, 3.8) is 0 Å². The Bertz CT molecular complexity index is 902. The normalized spacial score (nSPS) is 15.8. The average molecular weight is 335 g/mol. The highest BCUT2D eigenvalue weighted by atomic mass is 16.1. The molecule has 1 aliphatic rings. The molecular formula is C19H21N5O. The number of rotatable bonds is 0. The van der Waals surface area contributed by atoms with Crippen LogP contribution in [0.4, 0.5) is 5.69 Å². The van der Waals surface area contributed by atoms with Gasteiger partial charge in [-0.3, -0.25) is 4.79 Å². The summed E-state index contributed by atoms with van der Waals surface area (Å²) in [7, 11) is 0. The van der Waals surface area contributed by atoms with Gasteiger partial charge in [0.05, 0.1) is 11.7 Å². The fraction of sp³-hybridized carbons (Fsp3) is 0.263. The van der Waals surface area contributed by atoms with Gasteiger partial charge in [-0.1, -0.05) is 18.2 Å². The molecule has 0 fully saturated rings. The van der Waals surface area contributed by atoms with Gasteiger partial charge in [0, 0.05) is 50.0 Å². The van der Waals surface area contributed by atoms with E-state index in [2.05, 4.69) is 51.4 Å². The van der Waals surface area contributed by atoms with Crippen molar-refractivity contribution < 1.29 is 4.79 Å². The van der Waals surface area contributed by atoms with E-state index in [-0.39, 0.29) is 5.91 Å². The first-order valence-electron chi connectivity index (χ1n) is 8.57. The minimum absolute atomic E-state index is 0.0728. The highest BCUT2D eigenvalue weighted by Crippen LogP contribution is 2.27. The molecule has 6 nitrogen and oxygen atoms in total. The lowest BCUT2D eigenvalue weighted by atomic mass is 10.0. The summed E-state index contributed by atoms with van der Waals surface area (Å²) in [6.07, 6.45) is 4.35. The molecule has 3 aromatic rings. The molecule has 6 heteroatoms. The first kappa shape index (κ1) is 15.7. The molecule has 0 unspecified atom stereocenters. The van der Waals surface area contributed by atoms with Crippen LogP contribution in [0.15, 0.2) is 48.8 Å². The van der Waals surface area contributed by atoms with Gasteiger partial charge in [0.25, 0.3) is 0 Å². The predicted octanol–water partition coefficient (Wildman–Crippen LogP) is 2.02. The second-order valence-corrected chi connectivity index (χ2v) is 6.21. The van der Waals surface area contributed by atoms with Crippen molar-refractivity contribution in [3.8, 4) is 11.1 Å². The lowest BCUT2D eigenvalue weighted by molar-refractivity contribution is -0.120. The Labute approximate surface area is 146 Å². The van der Waals surface area contributed by atoms with Crippen molar-refractivity contribution in [1.29, 1.82) is 0 Å². The van der Waals surface area contributed by atoms with Gasteiger partial charge >= 0.3 is 0 Å². The number of hydrogen-bond donors (Lipinski definition) is 3. The van der Waals surface area contributed by atoms with E-state index in [4.69, 9.17) is 0 Å². The van der Waals surface area contributed by atoms with Crippen LogP contribution in [0.5, 0.6) is 0 Å². The molecule has 0 aliphatic carbocycles. The Morgan fingerprint density at radius 3 is 2.92 bits per heavy atom. The van der Waals surface area contributed by atoms with Gasteiger partial charge in [-0.05, 0) is 29.3 Å². The summed E-state index contributed by atoms with van der Waals surface area (Å²) in [4.78, 5) is 11.8. The molecule has 1 aliphatic heterocycles. The quantitative estimate of drug-likeness (QED) is 0.588. The maximum atomic E-state index is 11.8. The van der Waals surface area contributed by atoms with E-state index in [0.717, 1.165) is 28.9 Å². The van der Waals surface area contributed by atoms with Crippen molar-refractivity contribution in [1.82, 2.24) is 20.2 Å². The molecular weight excluding hydrogens is 314 g/mol. The minimum atomic E-state index is 0.0728. The van der Waals surface area contributed by atoms with E-state index in [1.165, 1.54) is 5.56 Å². The Morgan fingerprint density at radius 1 is 1.04 bits per heavy atom. The zero-order valence-corrected chi connectivity index (χ0v) is 14.0. The van der Waals surface area contributed by atoms with Crippen molar-refractivity contribution in [2.45, 2.75) is 13.0 Å². The highest BCUT2D eigenvalue weighted by molar-refractivity contribution is 5.82. The van der Waals surface area contributed by atoms with Crippen molar-refractivity contribution in [2.24, 2.45) is 0 Å². The number of nitrogens with zero attached hydrogens (tertiary/aromatic N) is 2. The molecule has 1 aromatic carbocycles. The van der Waals surface area contributed by atoms with Gasteiger partial charge in [0.15, 0.2) is 0 Å². The molecule has 3 N–H and O–H groups in total. The summed E-state index contributed by atoms with van der Waals surface area (Å²) in [5.74, 6) is 0.0728. The number of carbonyl (C=O) groups excluding carboxylic acids is 1. The van der Waals surface area contributed by atoms with E-state index in [9.17, 15) is 4.79 Å². The van der Waals surface area contributed by atoms with Gasteiger partial charge < -0.3 is 16.0 Å². The van der Waals surface area contributed by atoms with Crippen LogP contribution in [0.3, 0.4) is 0 Å². The van der Waals surface area contributed by atoms with Gasteiger partial charge in [-0.2, -0.15) is 5.10 Å². The van der Waals surface area contributed by atoms with Crippen LogP contribution in [0, 0.1) is 0 Å². The van der Waals surface area contributed by atoms with E-state index in [0.29, 0.717) is 26.1 Å². The number of fused-ring (bicyclic) bond motifs is 4. The maximum Gasteiger partial charge on any atom is 0.221 e. The second kappa shape index (κ2) is 6.94. The van der Waals surface area contributed by atoms with E-state index in [1.807, 2.05) is 23.0 Å². The molecule has 128 valence electrons. The fourth-order valence-corrected chi connectivity index (χ4v) is 3.09. The lowest BCUT2D eigenvalue weighted by Gasteiger charge is -2.11. The molecule has 4 bridgehead atoms. The number of pyridine rings is 1. The topological polar surface area (TPSA) is 70.5 Å². The summed E-state index contributed by atoms with van der Waals surface area (Å²) in [6.45, 7) is 2.71. The number of benzene rings is 1. The number of hydrogen-bond acceptors (Lipinski definition) is 4. The monoisotopic (exact) mass is 335 g/mol. The first-order valence-corrected chi connectivity index (χ1v) is 8.57. The van der Waals surface area contributed by atoms with Crippen molar-refractivity contribution >= 4 is 17.1 Å². The molecule has 0 radical (unpaired) electrons. The summed E-state index contributed by atoms with van der Waals surface area (Å²) < 4.78 is 1.89. The SMILES string of the molecule is O=C1CCNCc2cccc(c2)-c2cnn3ccc(cc23)NCCN1. The average Bonchev–Trinajstić information content (AvgIpc) is 3.05. The number of nitrogens with one attached hydrogen (secondary N) is 3. The zero-order chi connectivity index (χ0) is 17.1. The van der Waals surface area contributed by atoms with E-state index >= 15 is 0 Å². The summed E-state index contributed by atoms with van der Waals surface area (Å²) >= 11 is 0. The molecule has 0 saturated heterocycles. The standard InChI is InChI=1S/C19H21N5O/c25-19-4-6-20-12-14-2-1-3-15(10-14)17-13-23-24-9-5-16(11-18(17)24)21-7-8-22-19/h1-3,5,9-11,13,20-21H,4,6-8,12H2,(H,22,25). The van der Waals surface area contributed by atoms with Gasteiger partial charge in [-0.15, -0.1) is 0 Å². The third-order valence-corrected chi connectivity index (χ3v) is 4.39. The van der Waals surface area contributed by atoms with E-state index < -0.39 is 0 Å². The summed E-state index contributed by atoms with van der Waals surface area (Å²) in [5, 5.41) is 14.1. The molecule has 2 aromatic heterocycles. The van der Waals surface area contributed by atoms with Gasteiger partial charge in [0.1, 0.15) is 0 Å². The predicted molar refractivity (Wildman–Crippen MR) is 98.5 cm³/mol. The molecule has 0 spiro atoms. The highest BCUT2D eigenvalue weighted by Gasteiger charge is 2.09. The van der Waals surface area contributed by atoms with Gasteiger partial charge in [-0.25, -0.2) is 4.52 Å². The summed E-state index contributed by atoms with van der Waals surface area (Å²) in [5.41, 5.74) is 5.54. The fourth-order valence-electron chi connectivity index (χ4n) is 3.09. The zero-order valence-electron chi connectivity index (χ0n) is 14.0. The van der Waals surface area contributed by atoms with Crippen molar-refractivity contribution in [3.05, 3.63) is 54.4 Å². The first-order chi connectivity index (χ1) is 12.3. The maximum absolute atomic E-state index is 11.8. The molecule has 0 atom stereocenters.